The summed E-state index contributed by atoms with van der Waals surface area (Å²) in [5, 5.41) is 12.5. The van der Waals surface area contributed by atoms with Crippen LogP contribution in [0.5, 0.6) is 5.75 Å². The fourth-order valence-electron chi connectivity index (χ4n) is 3.88. The van der Waals surface area contributed by atoms with Gasteiger partial charge in [-0.05, 0) is 60.2 Å². The van der Waals surface area contributed by atoms with E-state index in [0.29, 0.717) is 37.6 Å². The van der Waals surface area contributed by atoms with Crippen molar-refractivity contribution in [1.29, 1.82) is 0 Å². The monoisotopic (exact) mass is 510 g/mol. The number of hydrogen-bond acceptors (Lipinski definition) is 6. The highest BCUT2D eigenvalue weighted by Crippen LogP contribution is 2.44. The molecule has 6 nitrogen and oxygen atoms in total. The normalized spacial score (nSPS) is 17.5. The molecule has 170 valence electrons. The summed E-state index contributed by atoms with van der Waals surface area (Å²) >= 11 is 13.3. The van der Waals surface area contributed by atoms with Crippen molar-refractivity contribution in [3.8, 4) is 5.75 Å². The Bertz CT molecular complexity index is 1460. The molecule has 1 amide bonds. The third-order valence-electron chi connectivity index (χ3n) is 5.54. The number of carbonyl (C=O) groups excluding carboxylic acids is 2. The molecule has 5 rings (SSSR count). The van der Waals surface area contributed by atoms with Crippen LogP contribution in [0.25, 0.3) is 16.0 Å². The first-order valence-corrected chi connectivity index (χ1v) is 11.7. The lowest BCUT2D eigenvalue weighted by molar-refractivity contribution is -0.132. The van der Waals surface area contributed by atoms with Gasteiger partial charge in [0.05, 0.1) is 28.9 Å². The number of ketones is 1. The Morgan fingerprint density at radius 3 is 2.29 bits per heavy atom. The Kier molecular flexibility index (Phi) is 5.77. The number of rotatable bonds is 4. The van der Waals surface area contributed by atoms with Gasteiger partial charge in [0.2, 0.25) is 0 Å². The van der Waals surface area contributed by atoms with E-state index in [1.54, 1.807) is 67.8 Å². The molecular formula is C25H16Cl2N2O4S. The van der Waals surface area contributed by atoms with Gasteiger partial charge in [0.15, 0.2) is 5.13 Å². The third kappa shape index (κ3) is 3.81. The van der Waals surface area contributed by atoms with Crippen molar-refractivity contribution in [2.24, 2.45) is 0 Å². The van der Waals surface area contributed by atoms with Gasteiger partial charge in [0.1, 0.15) is 11.5 Å². The molecule has 3 aromatic carbocycles. The van der Waals surface area contributed by atoms with Gasteiger partial charge in [-0.15, -0.1) is 0 Å². The van der Waals surface area contributed by atoms with Crippen LogP contribution in [-0.4, -0.2) is 28.9 Å². The van der Waals surface area contributed by atoms with E-state index in [1.807, 2.05) is 6.07 Å². The van der Waals surface area contributed by atoms with E-state index in [1.165, 1.54) is 16.2 Å². The third-order valence-corrected chi connectivity index (χ3v) is 7.06. The fourth-order valence-corrected chi connectivity index (χ4v) is 5.15. The topological polar surface area (TPSA) is 79.7 Å². The Hall–Kier alpha value is -3.39. The Labute approximate surface area is 208 Å². The van der Waals surface area contributed by atoms with E-state index < -0.39 is 17.7 Å². The maximum absolute atomic E-state index is 13.3. The Balaban J connectivity index is 1.71. The predicted molar refractivity (Wildman–Crippen MR) is 134 cm³/mol. The van der Waals surface area contributed by atoms with Crippen LogP contribution in [0.3, 0.4) is 0 Å². The number of aliphatic hydroxyl groups is 1. The minimum atomic E-state index is -0.893. The molecule has 1 unspecified atom stereocenters. The van der Waals surface area contributed by atoms with Crippen molar-refractivity contribution in [3.63, 3.8) is 0 Å². The van der Waals surface area contributed by atoms with Crippen LogP contribution in [0, 0.1) is 0 Å². The number of ether oxygens (including phenoxy) is 1. The highest BCUT2D eigenvalue weighted by Gasteiger charge is 2.48. The number of anilines is 1. The first-order chi connectivity index (χ1) is 16.4. The van der Waals surface area contributed by atoms with Crippen molar-refractivity contribution in [1.82, 2.24) is 4.98 Å². The zero-order valence-corrected chi connectivity index (χ0v) is 20.0. The molecule has 1 saturated heterocycles. The lowest BCUT2D eigenvalue weighted by Crippen LogP contribution is -2.29. The highest BCUT2D eigenvalue weighted by atomic mass is 35.5. The number of thiazole rings is 1. The number of halogens is 2. The summed E-state index contributed by atoms with van der Waals surface area (Å²) in [6.07, 6.45) is 0. The molecule has 1 N–H and O–H groups in total. The minimum Gasteiger partial charge on any atom is -0.507 e. The van der Waals surface area contributed by atoms with Crippen LogP contribution in [0.2, 0.25) is 10.0 Å². The van der Waals surface area contributed by atoms with Gasteiger partial charge < -0.3 is 9.84 Å². The maximum atomic E-state index is 13.3. The van der Waals surface area contributed by atoms with E-state index in [-0.39, 0.29) is 11.3 Å². The van der Waals surface area contributed by atoms with Gasteiger partial charge in [-0.25, -0.2) is 4.98 Å². The van der Waals surface area contributed by atoms with Crippen molar-refractivity contribution in [2.45, 2.75) is 6.04 Å². The molecule has 1 atom stereocenters. The van der Waals surface area contributed by atoms with E-state index >= 15 is 0 Å². The Morgan fingerprint density at radius 2 is 1.65 bits per heavy atom. The molecule has 0 saturated carbocycles. The average Bonchev–Trinajstić information content (AvgIpc) is 3.37. The molecule has 1 fully saturated rings. The smallest absolute Gasteiger partial charge is 0.301 e. The summed E-state index contributed by atoms with van der Waals surface area (Å²) < 4.78 is 6.08. The molecule has 0 spiro atoms. The second-order valence-corrected chi connectivity index (χ2v) is 9.44. The standard InChI is InChI=1S/C25H16Cl2N2O4S/c1-33-17-10-11-18-19(12-17)34-25(28-18)29-21(13-2-6-15(26)7-3-13)20(23(31)24(29)32)22(30)14-4-8-16(27)9-5-14/h2-12,21,30H,1H3/b22-20-. The number of fused-ring (bicyclic) bond motifs is 1. The Morgan fingerprint density at radius 1 is 1.00 bits per heavy atom. The maximum Gasteiger partial charge on any atom is 0.301 e. The van der Waals surface area contributed by atoms with Crippen LogP contribution in [0.1, 0.15) is 17.2 Å². The number of nitrogens with zero attached hydrogens (tertiary/aromatic N) is 2. The summed E-state index contributed by atoms with van der Waals surface area (Å²) in [5.74, 6) is -1.22. The van der Waals surface area contributed by atoms with Crippen LogP contribution in [0.15, 0.2) is 72.3 Å². The van der Waals surface area contributed by atoms with Crippen LogP contribution in [0.4, 0.5) is 5.13 Å². The summed E-state index contributed by atoms with van der Waals surface area (Å²) in [6.45, 7) is 0. The molecule has 0 radical (unpaired) electrons. The molecule has 4 aromatic rings. The quantitative estimate of drug-likeness (QED) is 0.199. The van der Waals surface area contributed by atoms with Crippen molar-refractivity contribution < 1.29 is 19.4 Å². The average molecular weight is 511 g/mol. The van der Waals surface area contributed by atoms with Crippen molar-refractivity contribution in [2.75, 3.05) is 12.0 Å². The molecule has 1 aliphatic rings. The molecular weight excluding hydrogens is 495 g/mol. The summed E-state index contributed by atoms with van der Waals surface area (Å²) in [4.78, 5) is 32.4. The zero-order valence-electron chi connectivity index (χ0n) is 17.7. The second-order valence-electron chi connectivity index (χ2n) is 7.56. The van der Waals surface area contributed by atoms with Gasteiger partial charge in [-0.2, -0.15) is 0 Å². The molecule has 34 heavy (non-hydrogen) atoms. The van der Waals surface area contributed by atoms with Crippen LogP contribution < -0.4 is 9.64 Å². The number of amides is 1. The molecule has 1 aliphatic heterocycles. The predicted octanol–water partition coefficient (Wildman–Crippen LogP) is 6.24. The van der Waals surface area contributed by atoms with E-state index in [0.717, 1.165) is 4.70 Å². The van der Waals surface area contributed by atoms with E-state index in [4.69, 9.17) is 27.9 Å². The van der Waals surface area contributed by atoms with E-state index in [2.05, 4.69) is 4.98 Å². The van der Waals surface area contributed by atoms with Gasteiger partial charge >= 0.3 is 5.91 Å². The highest BCUT2D eigenvalue weighted by molar-refractivity contribution is 7.22. The van der Waals surface area contributed by atoms with Crippen LogP contribution >= 0.6 is 34.5 Å². The lowest BCUT2D eigenvalue weighted by Gasteiger charge is -2.23. The lowest BCUT2D eigenvalue weighted by atomic mass is 9.95. The number of Topliss-reactive ketones (excluding diaryl/α,β-unsaturated/α-hetero) is 1. The first kappa shape index (κ1) is 22.4. The SMILES string of the molecule is COc1ccc2nc(N3C(=O)C(=O)/C(=C(\O)c4ccc(Cl)cc4)C3c3ccc(Cl)cc3)sc2c1. The molecule has 0 aliphatic carbocycles. The van der Waals surface area contributed by atoms with Gasteiger partial charge in [0.25, 0.3) is 5.78 Å². The largest absolute Gasteiger partial charge is 0.507 e. The van der Waals surface area contributed by atoms with Gasteiger partial charge in [0, 0.05) is 15.6 Å². The number of methoxy groups -OCH3 is 1. The number of benzene rings is 3. The molecule has 1 aromatic heterocycles. The summed E-state index contributed by atoms with van der Waals surface area (Å²) in [6, 6.07) is 17.7. The van der Waals surface area contributed by atoms with Crippen molar-refractivity contribution >= 4 is 67.3 Å². The first-order valence-electron chi connectivity index (χ1n) is 10.1. The van der Waals surface area contributed by atoms with Crippen molar-refractivity contribution in [3.05, 3.63) is 93.5 Å². The second kappa shape index (κ2) is 8.76. The molecule has 0 bridgehead atoms. The number of aromatic nitrogens is 1. The number of hydrogen-bond donors (Lipinski definition) is 1. The fraction of sp³-hybridized carbons (Fsp3) is 0.0800. The van der Waals surface area contributed by atoms with Gasteiger partial charge in [-0.3, -0.25) is 14.5 Å². The minimum absolute atomic E-state index is 0.0357. The zero-order chi connectivity index (χ0) is 24.0. The number of carbonyl (C=O) groups is 2. The number of aliphatic hydroxyl groups excluding tert-OH is 1. The summed E-state index contributed by atoms with van der Waals surface area (Å²) in [5.41, 5.74) is 1.60. The van der Waals surface area contributed by atoms with E-state index in [9.17, 15) is 14.7 Å². The summed E-state index contributed by atoms with van der Waals surface area (Å²) in [7, 11) is 1.57. The molecule has 2 heterocycles. The van der Waals surface area contributed by atoms with Gasteiger partial charge in [-0.1, -0.05) is 46.7 Å². The molecule has 9 heteroatoms. The van der Waals surface area contributed by atoms with Crippen LogP contribution in [-0.2, 0) is 9.59 Å².